The van der Waals surface area contributed by atoms with Gasteiger partial charge in [0.25, 0.3) is 0 Å². The van der Waals surface area contributed by atoms with Gasteiger partial charge in [0, 0.05) is 11.4 Å². The molecule has 0 amide bonds. The van der Waals surface area contributed by atoms with E-state index in [2.05, 4.69) is 10.3 Å². The molecule has 1 heterocycles. The van der Waals surface area contributed by atoms with E-state index in [1.165, 1.54) is 23.5 Å². The second-order valence-corrected chi connectivity index (χ2v) is 5.65. The first-order chi connectivity index (χ1) is 10.1. The molecular formula is C15H17FN2O2S. The Balaban J connectivity index is 1.90. The molecule has 0 aliphatic heterocycles. The highest BCUT2D eigenvalue weighted by Gasteiger charge is 2.16. The number of aryl methyl sites for hydroxylation is 1. The molecule has 0 fully saturated rings. The standard InChI is InChI=1S/C15H17FN2O2S/c1-3-20-14(19)13-10(2)21-15(18-13)17-9-8-11-4-6-12(16)7-5-11/h4-7H,3,8-9H2,1-2H3,(H,17,18). The number of aromatic nitrogens is 1. The van der Waals surface area contributed by atoms with Gasteiger partial charge in [-0.2, -0.15) is 0 Å². The van der Waals surface area contributed by atoms with Crippen LogP contribution < -0.4 is 5.32 Å². The third-order valence-electron chi connectivity index (χ3n) is 2.87. The maximum Gasteiger partial charge on any atom is 0.358 e. The molecule has 0 unspecified atom stereocenters. The van der Waals surface area contributed by atoms with Gasteiger partial charge in [0.2, 0.25) is 0 Å². The van der Waals surface area contributed by atoms with Gasteiger partial charge in [-0.1, -0.05) is 12.1 Å². The smallest absolute Gasteiger partial charge is 0.358 e. The van der Waals surface area contributed by atoms with Gasteiger partial charge in [0.15, 0.2) is 10.8 Å². The third kappa shape index (κ3) is 4.26. The minimum atomic E-state index is -0.391. The van der Waals surface area contributed by atoms with Gasteiger partial charge >= 0.3 is 5.97 Å². The van der Waals surface area contributed by atoms with Crippen LogP contribution in [0.4, 0.5) is 9.52 Å². The minimum Gasteiger partial charge on any atom is -0.461 e. The Kier molecular flexibility index (Phi) is 5.27. The number of halogens is 1. The van der Waals surface area contributed by atoms with Crippen LogP contribution in [-0.2, 0) is 11.2 Å². The largest absolute Gasteiger partial charge is 0.461 e. The Morgan fingerprint density at radius 1 is 1.38 bits per heavy atom. The molecule has 2 aromatic rings. The van der Waals surface area contributed by atoms with E-state index in [9.17, 15) is 9.18 Å². The number of carbonyl (C=O) groups is 1. The maximum absolute atomic E-state index is 12.8. The lowest BCUT2D eigenvalue weighted by atomic mass is 10.1. The number of esters is 1. The van der Waals surface area contributed by atoms with E-state index in [1.54, 1.807) is 19.1 Å². The zero-order chi connectivity index (χ0) is 15.2. The fourth-order valence-electron chi connectivity index (χ4n) is 1.83. The molecule has 112 valence electrons. The van der Waals surface area contributed by atoms with E-state index >= 15 is 0 Å². The molecule has 21 heavy (non-hydrogen) atoms. The molecule has 0 saturated heterocycles. The number of thiazole rings is 1. The second-order valence-electron chi connectivity index (χ2n) is 4.45. The van der Waals surface area contributed by atoms with Crippen LogP contribution in [0, 0.1) is 12.7 Å². The number of nitrogens with zero attached hydrogens (tertiary/aromatic N) is 1. The van der Waals surface area contributed by atoms with Gasteiger partial charge in [0.1, 0.15) is 5.82 Å². The van der Waals surface area contributed by atoms with Crippen molar-refractivity contribution >= 4 is 22.4 Å². The summed E-state index contributed by atoms with van der Waals surface area (Å²) in [6.45, 7) is 4.61. The Morgan fingerprint density at radius 3 is 2.76 bits per heavy atom. The molecule has 0 aliphatic carbocycles. The van der Waals surface area contributed by atoms with E-state index < -0.39 is 5.97 Å². The molecule has 0 aliphatic rings. The monoisotopic (exact) mass is 308 g/mol. The first-order valence-electron chi connectivity index (χ1n) is 6.73. The summed E-state index contributed by atoms with van der Waals surface area (Å²) >= 11 is 1.42. The quantitative estimate of drug-likeness (QED) is 0.831. The lowest BCUT2D eigenvalue weighted by molar-refractivity contribution is 0.0519. The van der Waals surface area contributed by atoms with E-state index in [0.717, 1.165) is 16.9 Å². The average molecular weight is 308 g/mol. The van der Waals surface area contributed by atoms with Crippen LogP contribution in [-0.4, -0.2) is 24.1 Å². The van der Waals surface area contributed by atoms with Crippen molar-refractivity contribution < 1.29 is 13.9 Å². The van der Waals surface area contributed by atoms with Crippen molar-refractivity contribution in [2.24, 2.45) is 0 Å². The lowest BCUT2D eigenvalue weighted by Crippen LogP contribution is -2.08. The van der Waals surface area contributed by atoms with Crippen LogP contribution in [0.5, 0.6) is 0 Å². The predicted molar refractivity (Wildman–Crippen MR) is 81.4 cm³/mol. The lowest BCUT2D eigenvalue weighted by Gasteiger charge is -2.03. The number of hydrogen-bond acceptors (Lipinski definition) is 5. The molecule has 0 radical (unpaired) electrons. The summed E-state index contributed by atoms with van der Waals surface area (Å²) < 4.78 is 17.7. The minimum absolute atomic E-state index is 0.235. The first-order valence-corrected chi connectivity index (χ1v) is 7.54. The number of carbonyl (C=O) groups excluding carboxylic acids is 1. The van der Waals surface area contributed by atoms with Crippen LogP contribution in [0.15, 0.2) is 24.3 Å². The van der Waals surface area contributed by atoms with Crippen LogP contribution >= 0.6 is 11.3 Å². The van der Waals surface area contributed by atoms with Gasteiger partial charge in [0.05, 0.1) is 6.61 Å². The fraction of sp³-hybridized carbons (Fsp3) is 0.333. The Bertz CT molecular complexity index is 611. The Hall–Kier alpha value is -1.95. The summed E-state index contributed by atoms with van der Waals surface area (Å²) in [5, 5.41) is 3.86. The number of nitrogens with one attached hydrogen (secondary N) is 1. The van der Waals surface area contributed by atoms with Crippen LogP contribution in [0.25, 0.3) is 0 Å². The number of rotatable bonds is 6. The van der Waals surface area contributed by atoms with Crippen LogP contribution in [0.3, 0.4) is 0 Å². The first kappa shape index (κ1) is 15.4. The van der Waals surface area contributed by atoms with Crippen LogP contribution in [0.1, 0.15) is 27.9 Å². The molecule has 0 saturated carbocycles. The van der Waals surface area contributed by atoms with Gasteiger partial charge < -0.3 is 10.1 Å². The molecule has 0 spiro atoms. The molecular weight excluding hydrogens is 291 g/mol. The van der Waals surface area contributed by atoms with Crippen molar-refractivity contribution in [2.45, 2.75) is 20.3 Å². The zero-order valence-corrected chi connectivity index (χ0v) is 12.8. The van der Waals surface area contributed by atoms with Crippen molar-refractivity contribution in [3.63, 3.8) is 0 Å². The number of hydrogen-bond donors (Lipinski definition) is 1. The highest BCUT2D eigenvalue weighted by Crippen LogP contribution is 2.22. The summed E-state index contributed by atoms with van der Waals surface area (Å²) in [6, 6.07) is 6.41. The van der Waals surface area contributed by atoms with Gasteiger partial charge in [-0.25, -0.2) is 14.2 Å². The fourth-order valence-corrected chi connectivity index (χ4v) is 2.65. The Morgan fingerprint density at radius 2 is 2.10 bits per heavy atom. The van der Waals surface area contributed by atoms with E-state index in [1.807, 2.05) is 6.92 Å². The molecule has 6 heteroatoms. The SMILES string of the molecule is CCOC(=O)c1nc(NCCc2ccc(F)cc2)sc1C. The number of ether oxygens (including phenoxy) is 1. The molecule has 2 rings (SSSR count). The molecule has 0 bridgehead atoms. The highest BCUT2D eigenvalue weighted by atomic mass is 32.1. The van der Waals surface area contributed by atoms with E-state index in [-0.39, 0.29) is 5.82 Å². The topological polar surface area (TPSA) is 51.2 Å². The molecule has 0 atom stereocenters. The number of benzene rings is 1. The molecule has 1 aromatic carbocycles. The summed E-state index contributed by atoms with van der Waals surface area (Å²) in [5.41, 5.74) is 1.41. The summed E-state index contributed by atoms with van der Waals surface area (Å²) in [6.07, 6.45) is 0.758. The van der Waals surface area contributed by atoms with Crippen molar-refractivity contribution in [1.82, 2.24) is 4.98 Å². The maximum atomic E-state index is 12.8. The van der Waals surface area contributed by atoms with Crippen molar-refractivity contribution in [3.05, 3.63) is 46.2 Å². The Labute approximate surface area is 127 Å². The molecule has 1 aromatic heterocycles. The molecule has 4 nitrogen and oxygen atoms in total. The highest BCUT2D eigenvalue weighted by molar-refractivity contribution is 7.15. The number of anilines is 1. The predicted octanol–water partition coefficient (Wildman–Crippen LogP) is 3.42. The van der Waals surface area contributed by atoms with Crippen LogP contribution in [0.2, 0.25) is 0 Å². The van der Waals surface area contributed by atoms with Gasteiger partial charge in [-0.3, -0.25) is 0 Å². The second kappa shape index (κ2) is 7.17. The normalized spacial score (nSPS) is 10.4. The van der Waals surface area contributed by atoms with Crippen molar-refractivity contribution in [1.29, 1.82) is 0 Å². The van der Waals surface area contributed by atoms with Gasteiger partial charge in [-0.05, 0) is 38.0 Å². The summed E-state index contributed by atoms with van der Waals surface area (Å²) in [7, 11) is 0. The van der Waals surface area contributed by atoms with Crippen molar-refractivity contribution in [3.8, 4) is 0 Å². The summed E-state index contributed by atoms with van der Waals surface area (Å²) in [5.74, 6) is -0.626. The van der Waals surface area contributed by atoms with E-state index in [4.69, 9.17) is 4.74 Å². The van der Waals surface area contributed by atoms with E-state index in [0.29, 0.717) is 24.0 Å². The molecule has 1 N–H and O–H groups in total. The average Bonchev–Trinajstić information content (AvgIpc) is 2.82. The summed E-state index contributed by atoms with van der Waals surface area (Å²) in [4.78, 5) is 16.7. The van der Waals surface area contributed by atoms with Gasteiger partial charge in [-0.15, -0.1) is 11.3 Å². The third-order valence-corrected chi connectivity index (χ3v) is 3.80. The van der Waals surface area contributed by atoms with Crippen molar-refractivity contribution in [2.75, 3.05) is 18.5 Å². The zero-order valence-electron chi connectivity index (χ0n) is 12.0.